The fourth-order valence-electron chi connectivity index (χ4n) is 3.12. The van der Waals surface area contributed by atoms with Crippen LogP contribution in [0.4, 0.5) is 0 Å². The Morgan fingerprint density at radius 1 is 1.14 bits per heavy atom. The normalized spacial score (nSPS) is 21.3. The summed E-state index contributed by atoms with van der Waals surface area (Å²) in [6.07, 6.45) is 1.16. The van der Waals surface area contributed by atoms with Crippen molar-refractivity contribution in [3.8, 4) is 17.2 Å². The molecular weight excluding hydrogens is 304 g/mol. The van der Waals surface area contributed by atoms with Gasteiger partial charge in [0.05, 0.1) is 21.3 Å². The van der Waals surface area contributed by atoms with Gasteiger partial charge in [-0.1, -0.05) is 6.07 Å². The third kappa shape index (κ3) is 3.77. The van der Waals surface area contributed by atoms with Gasteiger partial charge in [0.2, 0.25) is 5.75 Å². The number of rotatable bonds is 6. The van der Waals surface area contributed by atoms with Crippen LogP contribution in [0.15, 0.2) is 12.1 Å². The molecule has 1 aliphatic rings. The lowest BCUT2D eigenvalue weighted by Crippen LogP contribution is -2.27. The smallest absolute Gasteiger partial charge is 0.203 e. The molecule has 1 saturated heterocycles. The van der Waals surface area contributed by atoms with Gasteiger partial charge >= 0.3 is 0 Å². The Kier molecular flexibility index (Phi) is 7.26. The third-order valence-corrected chi connectivity index (χ3v) is 4.28. The Morgan fingerprint density at radius 3 is 2.32 bits per heavy atom. The molecule has 0 amide bonds. The summed E-state index contributed by atoms with van der Waals surface area (Å²) in [4.78, 5) is 2.45. The molecule has 2 rings (SSSR count). The maximum absolute atomic E-state index is 5.80. The predicted octanol–water partition coefficient (Wildman–Crippen LogP) is 2.30. The van der Waals surface area contributed by atoms with Crippen LogP contribution in [0.3, 0.4) is 0 Å². The monoisotopic (exact) mass is 330 g/mol. The molecule has 1 aromatic rings. The zero-order chi connectivity index (χ0) is 15.4. The largest absolute Gasteiger partial charge is 0.493 e. The number of ether oxygens (including phenoxy) is 3. The number of nitrogens with zero attached hydrogens (tertiary/aromatic N) is 1. The Labute approximate surface area is 139 Å². The number of hydrogen-bond acceptors (Lipinski definition) is 5. The molecule has 2 N–H and O–H groups in total. The molecule has 0 saturated carbocycles. The highest BCUT2D eigenvalue weighted by atomic mass is 35.5. The summed E-state index contributed by atoms with van der Waals surface area (Å²) in [6.45, 7) is 4.88. The quantitative estimate of drug-likeness (QED) is 0.867. The van der Waals surface area contributed by atoms with Crippen molar-refractivity contribution in [2.24, 2.45) is 11.7 Å². The molecule has 1 aromatic carbocycles. The van der Waals surface area contributed by atoms with Crippen molar-refractivity contribution < 1.29 is 14.2 Å². The van der Waals surface area contributed by atoms with Crippen molar-refractivity contribution in [2.75, 3.05) is 34.4 Å². The number of likely N-dealkylation sites (tertiary alicyclic amines) is 1. The van der Waals surface area contributed by atoms with Crippen molar-refractivity contribution in [1.82, 2.24) is 4.90 Å². The van der Waals surface area contributed by atoms with E-state index in [4.69, 9.17) is 19.9 Å². The van der Waals surface area contributed by atoms with Crippen LogP contribution in [0.25, 0.3) is 0 Å². The molecule has 126 valence electrons. The first-order valence-electron chi connectivity index (χ1n) is 7.36. The van der Waals surface area contributed by atoms with E-state index in [1.54, 1.807) is 21.3 Å². The van der Waals surface area contributed by atoms with E-state index in [1.807, 2.05) is 12.1 Å². The molecule has 0 radical (unpaired) electrons. The molecule has 2 atom stereocenters. The minimum atomic E-state index is 0. The summed E-state index contributed by atoms with van der Waals surface area (Å²) in [5, 5.41) is 0. The summed E-state index contributed by atoms with van der Waals surface area (Å²) in [6, 6.07) is 4.51. The molecule has 0 bridgehead atoms. The Bertz CT molecular complexity index is 485. The highest BCUT2D eigenvalue weighted by molar-refractivity contribution is 5.85. The molecule has 0 aromatic heterocycles. The van der Waals surface area contributed by atoms with Crippen LogP contribution in [0.5, 0.6) is 17.2 Å². The van der Waals surface area contributed by atoms with E-state index in [0.717, 1.165) is 37.4 Å². The van der Waals surface area contributed by atoms with Gasteiger partial charge in [0.25, 0.3) is 0 Å². The molecule has 1 fully saturated rings. The SMILES string of the molecule is COc1ccc(CN2CC(CN)CC2C)c(OC)c1OC.Cl. The molecule has 2 unspecified atom stereocenters. The maximum atomic E-state index is 5.80. The number of methoxy groups -OCH3 is 3. The fraction of sp³-hybridized carbons (Fsp3) is 0.625. The minimum absolute atomic E-state index is 0. The van der Waals surface area contributed by atoms with E-state index in [2.05, 4.69) is 11.8 Å². The predicted molar refractivity (Wildman–Crippen MR) is 90.4 cm³/mol. The van der Waals surface area contributed by atoms with Crippen molar-refractivity contribution in [3.63, 3.8) is 0 Å². The van der Waals surface area contributed by atoms with E-state index in [0.29, 0.717) is 23.5 Å². The standard InChI is InChI=1S/C16H26N2O3.ClH/c1-11-7-12(8-17)9-18(11)10-13-5-6-14(19-2)16(21-4)15(13)20-3;/h5-6,11-12H,7-10,17H2,1-4H3;1H. The van der Waals surface area contributed by atoms with Crippen molar-refractivity contribution in [2.45, 2.75) is 25.9 Å². The molecule has 0 aliphatic carbocycles. The summed E-state index contributed by atoms with van der Waals surface area (Å²) in [7, 11) is 4.93. The third-order valence-electron chi connectivity index (χ3n) is 4.28. The number of benzene rings is 1. The molecule has 5 nitrogen and oxygen atoms in total. The lowest BCUT2D eigenvalue weighted by molar-refractivity contribution is 0.249. The van der Waals surface area contributed by atoms with Crippen molar-refractivity contribution >= 4 is 12.4 Å². The van der Waals surface area contributed by atoms with Crippen LogP contribution in [0, 0.1) is 5.92 Å². The first-order valence-corrected chi connectivity index (χ1v) is 7.36. The zero-order valence-corrected chi connectivity index (χ0v) is 14.6. The van der Waals surface area contributed by atoms with Crippen LogP contribution >= 0.6 is 12.4 Å². The van der Waals surface area contributed by atoms with Crippen molar-refractivity contribution in [1.29, 1.82) is 0 Å². The second-order valence-corrected chi connectivity index (χ2v) is 5.61. The Morgan fingerprint density at radius 2 is 1.82 bits per heavy atom. The van der Waals surface area contributed by atoms with Gasteiger partial charge in [-0.25, -0.2) is 0 Å². The number of halogens is 1. The second kappa shape index (κ2) is 8.46. The van der Waals surface area contributed by atoms with Gasteiger partial charge in [0.1, 0.15) is 0 Å². The number of nitrogens with two attached hydrogens (primary N) is 1. The van der Waals surface area contributed by atoms with Crippen LogP contribution in [0.2, 0.25) is 0 Å². The summed E-state index contributed by atoms with van der Waals surface area (Å²) in [5.74, 6) is 2.68. The van der Waals surface area contributed by atoms with Crippen LogP contribution < -0.4 is 19.9 Å². The second-order valence-electron chi connectivity index (χ2n) is 5.61. The molecule has 0 spiro atoms. The lowest BCUT2D eigenvalue weighted by atomic mass is 10.1. The van der Waals surface area contributed by atoms with Crippen molar-refractivity contribution in [3.05, 3.63) is 17.7 Å². The topological polar surface area (TPSA) is 57.0 Å². The van der Waals surface area contributed by atoms with E-state index < -0.39 is 0 Å². The van der Waals surface area contributed by atoms with E-state index in [9.17, 15) is 0 Å². The van der Waals surface area contributed by atoms with Gasteiger partial charge in [0.15, 0.2) is 11.5 Å². The first kappa shape index (κ1) is 18.9. The van der Waals surface area contributed by atoms with Crippen LogP contribution in [-0.2, 0) is 6.54 Å². The highest BCUT2D eigenvalue weighted by Gasteiger charge is 2.29. The van der Waals surface area contributed by atoms with Gasteiger partial charge in [-0.3, -0.25) is 4.90 Å². The van der Waals surface area contributed by atoms with Gasteiger partial charge < -0.3 is 19.9 Å². The van der Waals surface area contributed by atoms with Gasteiger partial charge in [0, 0.05) is 24.7 Å². The average Bonchev–Trinajstić information content (AvgIpc) is 2.86. The zero-order valence-electron chi connectivity index (χ0n) is 13.8. The van der Waals surface area contributed by atoms with Gasteiger partial charge in [-0.05, 0) is 31.9 Å². The Balaban J connectivity index is 0.00000242. The summed E-state index contributed by atoms with van der Waals surface area (Å²) < 4.78 is 16.3. The summed E-state index contributed by atoms with van der Waals surface area (Å²) in [5.41, 5.74) is 6.91. The molecule has 6 heteroatoms. The van der Waals surface area contributed by atoms with E-state index in [-0.39, 0.29) is 12.4 Å². The van der Waals surface area contributed by atoms with Crippen LogP contribution in [-0.4, -0.2) is 45.4 Å². The number of hydrogen-bond donors (Lipinski definition) is 1. The molecule has 1 aliphatic heterocycles. The Hall–Kier alpha value is -1.17. The van der Waals surface area contributed by atoms with Gasteiger partial charge in [-0.2, -0.15) is 0 Å². The molecule has 1 heterocycles. The molecular formula is C16H27ClN2O3. The molecule has 22 heavy (non-hydrogen) atoms. The minimum Gasteiger partial charge on any atom is -0.493 e. The average molecular weight is 331 g/mol. The highest BCUT2D eigenvalue weighted by Crippen LogP contribution is 2.40. The van der Waals surface area contributed by atoms with Crippen LogP contribution in [0.1, 0.15) is 18.9 Å². The first-order chi connectivity index (χ1) is 10.1. The summed E-state index contributed by atoms with van der Waals surface area (Å²) >= 11 is 0. The fourth-order valence-corrected chi connectivity index (χ4v) is 3.12. The maximum Gasteiger partial charge on any atom is 0.203 e. The van der Waals surface area contributed by atoms with E-state index >= 15 is 0 Å². The lowest BCUT2D eigenvalue weighted by Gasteiger charge is -2.23. The van der Waals surface area contributed by atoms with Gasteiger partial charge in [-0.15, -0.1) is 12.4 Å². The van der Waals surface area contributed by atoms with E-state index in [1.165, 1.54) is 0 Å².